The maximum absolute atomic E-state index is 12.8. The van der Waals surface area contributed by atoms with Gasteiger partial charge in [0.05, 0.1) is 21.2 Å². The Bertz CT molecular complexity index is 1620. The van der Waals surface area contributed by atoms with Crippen LogP contribution in [0.2, 0.25) is 10.0 Å². The largest absolute Gasteiger partial charge is 0.484 e. The summed E-state index contributed by atoms with van der Waals surface area (Å²) in [5.74, 6) is 0.446. The Kier molecular flexibility index (Phi) is 7.67. The van der Waals surface area contributed by atoms with E-state index >= 15 is 0 Å². The summed E-state index contributed by atoms with van der Waals surface area (Å²) in [4.78, 5) is 49.0. The van der Waals surface area contributed by atoms with Crippen molar-refractivity contribution in [1.82, 2.24) is 24.0 Å². The second-order valence-corrected chi connectivity index (χ2v) is 10.2. The van der Waals surface area contributed by atoms with E-state index in [2.05, 4.69) is 14.9 Å². The minimum Gasteiger partial charge on any atom is -0.484 e. The number of amides is 1. The van der Waals surface area contributed by atoms with Crippen molar-refractivity contribution < 1.29 is 9.53 Å². The number of anilines is 1. The second-order valence-electron chi connectivity index (χ2n) is 9.37. The number of fused-ring (bicyclic) bond motifs is 1. The van der Waals surface area contributed by atoms with Crippen molar-refractivity contribution in [1.29, 1.82) is 0 Å². The summed E-state index contributed by atoms with van der Waals surface area (Å²) in [6.07, 6.45) is 3.88. The molecule has 1 aromatic carbocycles. The highest BCUT2D eigenvalue weighted by Gasteiger charge is 2.24. The lowest BCUT2D eigenvalue weighted by Crippen LogP contribution is -2.50. The predicted molar refractivity (Wildman–Crippen MR) is 152 cm³/mol. The van der Waals surface area contributed by atoms with Gasteiger partial charge < -0.3 is 19.5 Å². The molecule has 10 nitrogen and oxygen atoms in total. The standard InChI is InChI=1S/C27H28Cl2N6O4/c1-3-8-35-22-13-21(31-24(22)26(37)32(2)27(35)38)17-4-6-18(7-5-17)39-16-23(36)33-9-11-34(12-10-33)25-19(28)14-30-15-20(25)29/h4-7,13-15,31H,3,8-12,16H2,1-2H3. The smallest absolute Gasteiger partial charge is 0.331 e. The number of pyridine rings is 1. The lowest BCUT2D eigenvalue weighted by Gasteiger charge is -2.36. The molecule has 1 N–H and O–H groups in total. The number of aromatic nitrogens is 4. The topological polar surface area (TPSA) is 105 Å². The van der Waals surface area contributed by atoms with E-state index in [1.54, 1.807) is 34.0 Å². The van der Waals surface area contributed by atoms with Crippen LogP contribution in [0.3, 0.4) is 0 Å². The number of nitrogens with zero attached hydrogens (tertiary/aromatic N) is 5. The number of carbonyl (C=O) groups excluding carboxylic acids is 1. The first-order valence-corrected chi connectivity index (χ1v) is 13.4. The molecule has 0 spiro atoms. The Morgan fingerprint density at radius 3 is 2.36 bits per heavy atom. The van der Waals surface area contributed by atoms with Gasteiger partial charge in [0.15, 0.2) is 6.61 Å². The molecule has 0 bridgehead atoms. The van der Waals surface area contributed by atoms with Crippen LogP contribution in [0.5, 0.6) is 5.75 Å². The first-order chi connectivity index (χ1) is 18.8. The summed E-state index contributed by atoms with van der Waals surface area (Å²) >= 11 is 12.5. The average Bonchev–Trinajstić information content (AvgIpc) is 3.39. The quantitative estimate of drug-likeness (QED) is 0.364. The number of H-pyrrole nitrogens is 1. The predicted octanol–water partition coefficient (Wildman–Crippen LogP) is 3.53. The second kappa shape index (κ2) is 11.2. The normalized spacial score (nSPS) is 13.7. The lowest BCUT2D eigenvalue weighted by molar-refractivity contribution is -0.133. The van der Waals surface area contributed by atoms with Crippen molar-refractivity contribution >= 4 is 45.8 Å². The summed E-state index contributed by atoms with van der Waals surface area (Å²) in [5.41, 5.74) is 2.55. The van der Waals surface area contributed by atoms with E-state index in [1.807, 2.05) is 25.1 Å². The fourth-order valence-electron chi connectivity index (χ4n) is 4.81. The highest BCUT2D eigenvalue weighted by atomic mass is 35.5. The number of aryl methyl sites for hydroxylation is 1. The maximum Gasteiger partial charge on any atom is 0.331 e. The lowest BCUT2D eigenvalue weighted by atomic mass is 10.1. The minimum absolute atomic E-state index is 0.0815. The number of carbonyl (C=O) groups is 1. The average molecular weight is 571 g/mol. The number of hydrogen-bond donors (Lipinski definition) is 1. The third-order valence-electron chi connectivity index (χ3n) is 6.88. The molecule has 0 unspecified atom stereocenters. The summed E-state index contributed by atoms with van der Waals surface area (Å²) in [7, 11) is 1.48. The van der Waals surface area contributed by atoms with Gasteiger partial charge in [0.25, 0.3) is 11.5 Å². The Morgan fingerprint density at radius 1 is 1.05 bits per heavy atom. The highest BCUT2D eigenvalue weighted by molar-refractivity contribution is 6.38. The highest BCUT2D eigenvalue weighted by Crippen LogP contribution is 2.33. The Labute approximate surface area is 234 Å². The van der Waals surface area contributed by atoms with Gasteiger partial charge in [-0.15, -0.1) is 0 Å². The van der Waals surface area contributed by atoms with Gasteiger partial charge in [-0.25, -0.2) is 4.79 Å². The molecule has 1 aliphatic rings. The molecule has 0 saturated carbocycles. The van der Waals surface area contributed by atoms with Crippen molar-refractivity contribution in [3.8, 4) is 17.0 Å². The van der Waals surface area contributed by atoms with Crippen molar-refractivity contribution in [3.05, 3.63) is 73.6 Å². The van der Waals surface area contributed by atoms with Crippen LogP contribution in [0, 0.1) is 0 Å². The molecular weight excluding hydrogens is 543 g/mol. The van der Waals surface area contributed by atoms with Crippen LogP contribution in [0.15, 0.2) is 52.3 Å². The molecule has 1 aliphatic heterocycles. The Hall–Kier alpha value is -3.76. The van der Waals surface area contributed by atoms with E-state index in [0.717, 1.165) is 22.2 Å². The number of benzene rings is 1. The number of rotatable bonds is 7. The SMILES string of the molecule is CCCn1c(=O)n(C)c(=O)c2[nH]c(-c3ccc(OCC(=O)N4CCN(c5c(Cl)cncc5Cl)CC4)cc3)cc21. The molecule has 4 heterocycles. The third kappa shape index (κ3) is 5.26. The van der Waals surface area contributed by atoms with Crippen LogP contribution in [0.25, 0.3) is 22.3 Å². The van der Waals surface area contributed by atoms with Gasteiger partial charge in [-0.2, -0.15) is 0 Å². The van der Waals surface area contributed by atoms with Crippen LogP contribution in [-0.2, 0) is 18.4 Å². The van der Waals surface area contributed by atoms with E-state index < -0.39 is 0 Å². The van der Waals surface area contributed by atoms with Gasteiger partial charge in [-0.05, 0) is 42.3 Å². The molecule has 1 amide bonds. The molecule has 39 heavy (non-hydrogen) atoms. The molecule has 12 heteroatoms. The summed E-state index contributed by atoms with van der Waals surface area (Å²) < 4.78 is 8.49. The van der Waals surface area contributed by atoms with Gasteiger partial charge >= 0.3 is 5.69 Å². The van der Waals surface area contributed by atoms with Crippen molar-refractivity contribution in [2.75, 3.05) is 37.7 Å². The third-order valence-corrected chi connectivity index (χ3v) is 7.43. The van der Waals surface area contributed by atoms with E-state index in [9.17, 15) is 14.4 Å². The van der Waals surface area contributed by atoms with Crippen LogP contribution < -0.4 is 20.9 Å². The molecule has 1 fully saturated rings. The molecule has 0 atom stereocenters. The number of hydrogen-bond acceptors (Lipinski definition) is 6. The van der Waals surface area contributed by atoms with Gasteiger partial charge in [-0.3, -0.25) is 23.7 Å². The fraction of sp³-hybridized carbons (Fsp3) is 0.333. The molecule has 5 rings (SSSR count). The van der Waals surface area contributed by atoms with Crippen LogP contribution in [0.4, 0.5) is 5.69 Å². The summed E-state index contributed by atoms with van der Waals surface area (Å²) in [5, 5.41) is 0.971. The number of nitrogens with one attached hydrogen (secondary N) is 1. The van der Waals surface area contributed by atoms with Crippen LogP contribution in [-0.4, -0.2) is 62.7 Å². The summed E-state index contributed by atoms with van der Waals surface area (Å²) in [6.45, 7) is 4.67. The number of piperazine rings is 1. The van der Waals surface area contributed by atoms with Crippen LogP contribution in [0.1, 0.15) is 13.3 Å². The zero-order valence-electron chi connectivity index (χ0n) is 21.6. The van der Waals surface area contributed by atoms with Crippen molar-refractivity contribution in [2.24, 2.45) is 7.05 Å². The Morgan fingerprint density at radius 2 is 1.72 bits per heavy atom. The molecule has 4 aromatic rings. The number of halogens is 2. The fourth-order valence-corrected chi connectivity index (χ4v) is 5.41. The molecule has 3 aromatic heterocycles. The number of aromatic amines is 1. The van der Waals surface area contributed by atoms with E-state index in [0.29, 0.717) is 65.2 Å². The number of ether oxygens (including phenoxy) is 1. The molecule has 0 radical (unpaired) electrons. The zero-order valence-corrected chi connectivity index (χ0v) is 23.1. The first-order valence-electron chi connectivity index (χ1n) is 12.7. The van der Waals surface area contributed by atoms with Gasteiger partial charge in [-0.1, -0.05) is 30.1 Å². The minimum atomic E-state index is -0.361. The van der Waals surface area contributed by atoms with E-state index in [1.165, 1.54) is 7.05 Å². The van der Waals surface area contributed by atoms with Gasteiger partial charge in [0.2, 0.25) is 0 Å². The van der Waals surface area contributed by atoms with Gasteiger partial charge in [0.1, 0.15) is 11.3 Å². The van der Waals surface area contributed by atoms with Gasteiger partial charge in [0, 0.05) is 57.9 Å². The van der Waals surface area contributed by atoms with E-state index in [-0.39, 0.29) is 23.8 Å². The summed E-state index contributed by atoms with van der Waals surface area (Å²) in [6, 6.07) is 9.06. The van der Waals surface area contributed by atoms with E-state index in [4.69, 9.17) is 27.9 Å². The van der Waals surface area contributed by atoms with Crippen LogP contribution >= 0.6 is 23.2 Å². The maximum atomic E-state index is 12.8. The molecule has 1 saturated heterocycles. The monoisotopic (exact) mass is 570 g/mol. The molecule has 0 aliphatic carbocycles. The molecule has 204 valence electrons. The van der Waals surface area contributed by atoms with Crippen molar-refractivity contribution in [2.45, 2.75) is 19.9 Å². The Balaban J connectivity index is 1.22. The zero-order chi connectivity index (χ0) is 27.7. The first kappa shape index (κ1) is 26.8. The van der Waals surface area contributed by atoms with Crippen molar-refractivity contribution in [3.63, 3.8) is 0 Å². The molecular formula is C27H28Cl2N6O4.